The summed E-state index contributed by atoms with van der Waals surface area (Å²) in [6, 6.07) is 10.8. The normalized spacial score (nSPS) is 10.3. The van der Waals surface area contributed by atoms with Gasteiger partial charge in [0.25, 0.3) is 5.91 Å². The maximum absolute atomic E-state index is 12.0. The highest BCUT2D eigenvalue weighted by Crippen LogP contribution is 2.11. The van der Waals surface area contributed by atoms with Gasteiger partial charge in [0, 0.05) is 18.2 Å². The summed E-state index contributed by atoms with van der Waals surface area (Å²) in [6.07, 6.45) is 1.43. The minimum absolute atomic E-state index is 0.181. The molecule has 20 heavy (non-hydrogen) atoms. The van der Waals surface area contributed by atoms with Crippen molar-refractivity contribution < 1.29 is 4.79 Å². The van der Waals surface area contributed by atoms with Crippen LogP contribution in [0.2, 0.25) is 0 Å². The van der Waals surface area contributed by atoms with Gasteiger partial charge in [-0.15, -0.1) is 0 Å². The number of rotatable bonds is 5. The Hall–Kier alpha value is -2.43. The number of benzene rings is 1. The Kier molecular flexibility index (Phi) is 4.65. The number of nitrogens with zero attached hydrogens (tertiary/aromatic N) is 2. The van der Waals surface area contributed by atoms with E-state index < -0.39 is 0 Å². The lowest BCUT2D eigenvalue weighted by Gasteiger charge is -2.09. The van der Waals surface area contributed by atoms with E-state index in [-0.39, 0.29) is 5.91 Å². The van der Waals surface area contributed by atoms with Crippen LogP contribution in [-0.4, -0.2) is 22.4 Å². The highest BCUT2D eigenvalue weighted by molar-refractivity contribution is 6.03. The third kappa shape index (κ3) is 4.05. The minimum Gasteiger partial charge on any atom is -0.370 e. The Balaban J connectivity index is 2.02. The molecule has 1 aromatic carbocycles. The number of anilines is 2. The lowest BCUT2D eigenvalue weighted by atomic mass is 10.2. The summed E-state index contributed by atoms with van der Waals surface area (Å²) in [7, 11) is 0. The molecule has 2 aromatic rings. The molecular formula is C15H18N4O. The van der Waals surface area contributed by atoms with Crippen LogP contribution in [-0.2, 0) is 0 Å². The lowest BCUT2D eigenvalue weighted by Crippen LogP contribution is -2.14. The molecule has 0 atom stereocenters. The number of nitrogens with one attached hydrogen (secondary N) is 2. The summed E-state index contributed by atoms with van der Waals surface area (Å²) < 4.78 is 0. The molecule has 0 saturated heterocycles. The Morgan fingerprint density at radius 3 is 2.55 bits per heavy atom. The molecule has 0 aliphatic rings. The van der Waals surface area contributed by atoms with Crippen molar-refractivity contribution in [2.45, 2.75) is 13.8 Å². The average Bonchev–Trinajstić information content (AvgIpc) is 2.46. The van der Waals surface area contributed by atoms with E-state index in [4.69, 9.17) is 0 Å². The minimum atomic E-state index is -0.181. The molecule has 0 fully saturated rings. The molecular weight excluding hydrogens is 252 g/mol. The lowest BCUT2D eigenvalue weighted by molar-refractivity contribution is 0.102. The molecule has 0 unspecified atom stereocenters. The molecule has 0 spiro atoms. The predicted molar refractivity (Wildman–Crippen MR) is 79.8 cm³/mol. The SMILES string of the molecule is CC(C)CNc1cc(NC(=O)c2ccccc2)ncn1. The maximum atomic E-state index is 12.0. The second kappa shape index (κ2) is 6.65. The van der Waals surface area contributed by atoms with Crippen molar-refractivity contribution in [2.24, 2.45) is 5.92 Å². The predicted octanol–water partition coefficient (Wildman–Crippen LogP) is 2.80. The van der Waals surface area contributed by atoms with Crippen LogP contribution < -0.4 is 10.6 Å². The van der Waals surface area contributed by atoms with E-state index >= 15 is 0 Å². The van der Waals surface area contributed by atoms with Crippen molar-refractivity contribution in [3.63, 3.8) is 0 Å². The van der Waals surface area contributed by atoms with Gasteiger partial charge in [-0.05, 0) is 18.1 Å². The molecule has 5 heteroatoms. The zero-order valence-corrected chi connectivity index (χ0v) is 11.6. The van der Waals surface area contributed by atoms with Crippen molar-refractivity contribution >= 4 is 17.5 Å². The number of carbonyl (C=O) groups is 1. The van der Waals surface area contributed by atoms with Crippen molar-refractivity contribution in [1.82, 2.24) is 9.97 Å². The number of hydrogen-bond donors (Lipinski definition) is 2. The van der Waals surface area contributed by atoms with Crippen LogP contribution >= 0.6 is 0 Å². The first-order valence-electron chi connectivity index (χ1n) is 6.57. The monoisotopic (exact) mass is 270 g/mol. The average molecular weight is 270 g/mol. The van der Waals surface area contributed by atoms with E-state index in [2.05, 4.69) is 34.4 Å². The van der Waals surface area contributed by atoms with Gasteiger partial charge >= 0.3 is 0 Å². The number of amides is 1. The second-order valence-electron chi connectivity index (χ2n) is 4.88. The Morgan fingerprint density at radius 2 is 1.85 bits per heavy atom. The summed E-state index contributed by atoms with van der Waals surface area (Å²) >= 11 is 0. The molecule has 0 aliphatic carbocycles. The number of hydrogen-bond acceptors (Lipinski definition) is 4. The second-order valence-corrected chi connectivity index (χ2v) is 4.88. The standard InChI is InChI=1S/C15H18N4O/c1-11(2)9-16-13-8-14(18-10-17-13)19-15(20)12-6-4-3-5-7-12/h3-8,10-11H,9H2,1-2H3,(H2,16,17,18,19,20). The summed E-state index contributed by atoms with van der Waals surface area (Å²) in [5.74, 6) is 1.53. The van der Waals surface area contributed by atoms with Gasteiger partial charge in [0.15, 0.2) is 0 Å². The molecule has 104 valence electrons. The van der Waals surface area contributed by atoms with Crippen molar-refractivity contribution in [2.75, 3.05) is 17.2 Å². The van der Waals surface area contributed by atoms with Crippen LogP contribution in [0.25, 0.3) is 0 Å². The molecule has 0 aliphatic heterocycles. The molecule has 1 amide bonds. The first-order valence-corrected chi connectivity index (χ1v) is 6.57. The summed E-state index contributed by atoms with van der Waals surface area (Å²) in [5.41, 5.74) is 0.600. The molecule has 1 aromatic heterocycles. The van der Waals surface area contributed by atoms with E-state index in [1.165, 1.54) is 6.33 Å². The molecule has 1 heterocycles. The summed E-state index contributed by atoms with van der Waals surface area (Å²) in [6.45, 7) is 5.06. The quantitative estimate of drug-likeness (QED) is 0.876. The van der Waals surface area contributed by atoms with Gasteiger partial charge in [-0.1, -0.05) is 32.0 Å². The Labute approximate surface area is 118 Å². The third-order valence-corrected chi connectivity index (χ3v) is 2.64. The first-order chi connectivity index (χ1) is 9.65. The fourth-order valence-electron chi connectivity index (χ4n) is 1.61. The number of aromatic nitrogens is 2. The van der Waals surface area contributed by atoms with Crippen molar-refractivity contribution in [3.8, 4) is 0 Å². The van der Waals surface area contributed by atoms with E-state index in [9.17, 15) is 4.79 Å². The largest absolute Gasteiger partial charge is 0.370 e. The zero-order chi connectivity index (χ0) is 14.4. The maximum Gasteiger partial charge on any atom is 0.256 e. The van der Waals surface area contributed by atoms with Gasteiger partial charge in [-0.2, -0.15) is 0 Å². The van der Waals surface area contributed by atoms with Crippen LogP contribution in [0, 0.1) is 5.92 Å². The Morgan fingerprint density at radius 1 is 1.15 bits per heavy atom. The van der Waals surface area contributed by atoms with E-state index in [1.807, 2.05) is 18.2 Å². The molecule has 0 saturated carbocycles. The molecule has 0 radical (unpaired) electrons. The first kappa shape index (κ1) is 14.0. The highest BCUT2D eigenvalue weighted by atomic mass is 16.1. The van der Waals surface area contributed by atoms with Gasteiger partial charge in [0.1, 0.15) is 18.0 Å². The van der Waals surface area contributed by atoms with Gasteiger partial charge in [-0.3, -0.25) is 4.79 Å². The molecule has 2 rings (SSSR count). The molecule has 2 N–H and O–H groups in total. The van der Waals surface area contributed by atoms with E-state index in [1.54, 1.807) is 18.2 Å². The number of carbonyl (C=O) groups excluding carboxylic acids is 1. The van der Waals surface area contributed by atoms with Gasteiger partial charge in [0.2, 0.25) is 0 Å². The van der Waals surface area contributed by atoms with Crippen molar-refractivity contribution in [3.05, 3.63) is 48.3 Å². The third-order valence-electron chi connectivity index (χ3n) is 2.64. The van der Waals surface area contributed by atoms with Gasteiger partial charge in [0.05, 0.1) is 0 Å². The zero-order valence-electron chi connectivity index (χ0n) is 11.6. The fraction of sp³-hybridized carbons (Fsp3) is 0.267. The summed E-state index contributed by atoms with van der Waals surface area (Å²) in [4.78, 5) is 20.2. The Bertz CT molecular complexity index is 569. The van der Waals surface area contributed by atoms with Crippen LogP contribution in [0.5, 0.6) is 0 Å². The van der Waals surface area contributed by atoms with Gasteiger partial charge < -0.3 is 10.6 Å². The molecule has 0 bridgehead atoms. The van der Waals surface area contributed by atoms with Crippen LogP contribution in [0.1, 0.15) is 24.2 Å². The fourth-order valence-corrected chi connectivity index (χ4v) is 1.61. The topological polar surface area (TPSA) is 66.9 Å². The smallest absolute Gasteiger partial charge is 0.256 e. The van der Waals surface area contributed by atoms with Crippen LogP contribution in [0.4, 0.5) is 11.6 Å². The van der Waals surface area contributed by atoms with Gasteiger partial charge in [-0.25, -0.2) is 9.97 Å². The van der Waals surface area contributed by atoms with E-state index in [0.717, 1.165) is 6.54 Å². The van der Waals surface area contributed by atoms with E-state index in [0.29, 0.717) is 23.1 Å². The van der Waals surface area contributed by atoms with Crippen LogP contribution in [0.15, 0.2) is 42.7 Å². The summed E-state index contributed by atoms with van der Waals surface area (Å²) in [5, 5.41) is 5.95. The van der Waals surface area contributed by atoms with Crippen molar-refractivity contribution in [1.29, 1.82) is 0 Å². The van der Waals surface area contributed by atoms with Crippen LogP contribution in [0.3, 0.4) is 0 Å². The molecule has 5 nitrogen and oxygen atoms in total. The highest BCUT2D eigenvalue weighted by Gasteiger charge is 2.06.